The molecule has 2 unspecified atom stereocenters. The molecule has 1 saturated carbocycles. The summed E-state index contributed by atoms with van der Waals surface area (Å²) in [5, 5.41) is 15.3. The Kier molecular flexibility index (Phi) is 3.50. The van der Waals surface area contributed by atoms with E-state index in [1.165, 1.54) is 12.8 Å². The molecular weight excluding hydrogens is 252 g/mol. The highest BCUT2D eigenvalue weighted by atomic mass is 16.3. The molecule has 2 aliphatic rings. The summed E-state index contributed by atoms with van der Waals surface area (Å²) in [7, 11) is 1.99. The first-order valence-corrected chi connectivity index (χ1v) is 7.75. The molecule has 2 fully saturated rings. The highest BCUT2D eigenvalue weighted by Gasteiger charge is 2.43. The first-order chi connectivity index (χ1) is 9.55. The number of anilines is 1. The van der Waals surface area contributed by atoms with Crippen molar-refractivity contribution in [2.75, 3.05) is 18.0 Å². The molecule has 0 radical (unpaired) electrons. The monoisotopic (exact) mass is 278 g/mol. The summed E-state index contributed by atoms with van der Waals surface area (Å²) in [5.74, 6) is 1.54. The van der Waals surface area contributed by atoms with E-state index in [0.29, 0.717) is 12.5 Å². The molecule has 1 aromatic rings. The van der Waals surface area contributed by atoms with Crippen molar-refractivity contribution in [3.63, 3.8) is 0 Å². The van der Waals surface area contributed by atoms with E-state index >= 15 is 0 Å². The topological polar surface area (TPSA) is 67.3 Å². The maximum atomic E-state index is 10.8. The normalized spacial score (nSPS) is 30.4. The van der Waals surface area contributed by atoms with Crippen molar-refractivity contribution >= 4 is 5.82 Å². The Morgan fingerprint density at radius 1 is 1.40 bits per heavy atom. The number of fused-ring (bicyclic) bond motifs is 1. The molecular formula is C15H26N4O. The van der Waals surface area contributed by atoms with E-state index < -0.39 is 5.60 Å². The number of rotatable bonds is 2. The summed E-state index contributed by atoms with van der Waals surface area (Å²) in [5.41, 5.74) is 7.64. The zero-order valence-corrected chi connectivity index (χ0v) is 12.6. The van der Waals surface area contributed by atoms with Gasteiger partial charge in [-0.05, 0) is 26.2 Å². The van der Waals surface area contributed by atoms with Gasteiger partial charge in [0.2, 0.25) is 0 Å². The summed E-state index contributed by atoms with van der Waals surface area (Å²) in [6.07, 6.45) is 5.40. The quantitative estimate of drug-likeness (QED) is 0.856. The first-order valence-electron chi connectivity index (χ1n) is 7.75. The number of nitrogens with two attached hydrogens (primary N) is 1. The number of aliphatic hydroxyl groups is 1. The minimum absolute atomic E-state index is 0.394. The number of hydrogen-bond acceptors (Lipinski definition) is 4. The molecule has 3 N–H and O–H groups in total. The molecule has 2 heterocycles. The Bertz CT molecular complexity index is 498. The van der Waals surface area contributed by atoms with Gasteiger partial charge in [0, 0.05) is 38.2 Å². The van der Waals surface area contributed by atoms with Gasteiger partial charge < -0.3 is 15.7 Å². The van der Waals surface area contributed by atoms with E-state index in [-0.39, 0.29) is 0 Å². The maximum Gasteiger partial charge on any atom is 0.131 e. The molecule has 2 atom stereocenters. The fraction of sp³-hybridized carbons (Fsp3) is 0.800. The average Bonchev–Trinajstić information content (AvgIpc) is 2.71. The predicted molar refractivity (Wildman–Crippen MR) is 79.6 cm³/mol. The van der Waals surface area contributed by atoms with Gasteiger partial charge in [-0.1, -0.05) is 12.8 Å². The van der Waals surface area contributed by atoms with Crippen LogP contribution in [0.1, 0.15) is 43.4 Å². The SMILES string of the molecule is Cc1nn(C)c(N2CCC3(O)CCCCC3C2)c1CN. The standard InChI is InChI=1S/C15H26N4O/c1-11-13(9-16)14(18(2)17-11)19-8-7-15(20)6-4-3-5-12(15)10-19/h12,20H,3-10,16H2,1-2H3. The maximum absolute atomic E-state index is 10.8. The summed E-state index contributed by atoms with van der Waals surface area (Å²) in [4.78, 5) is 2.38. The van der Waals surface area contributed by atoms with Crippen LogP contribution in [0.4, 0.5) is 5.82 Å². The molecule has 1 aromatic heterocycles. The molecule has 20 heavy (non-hydrogen) atoms. The van der Waals surface area contributed by atoms with Crippen LogP contribution in [-0.4, -0.2) is 33.6 Å². The first kappa shape index (κ1) is 13.9. The fourth-order valence-corrected chi connectivity index (χ4v) is 4.09. The summed E-state index contributed by atoms with van der Waals surface area (Å²) >= 11 is 0. The fourth-order valence-electron chi connectivity index (χ4n) is 4.09. The molecule has 5 nitrogen and oxygen atoms in total. The van der Waals surface area contributed by atoms with Crippen molar-refractivity contribution < 1.29 is 5.11 Å². The van der Waals surface area contributed by atoms with Gasteiger partial charge in [-0.25, -0.2) is 0 Å². The molecule has 1 saturated heterocycles. The van der Waals surface area contributed by atoms with Crippen molar-refractivity contribution in [2.24, 2.45) is 18.7 Å². The lowest BCUT2D eigenvalue weighted by Gasteiger charge is -2.48. The summed E-state index contributed by atoms with van der Waals surface area (Å²) in [6.45, 7) is 4.38. The van der Waals surface area contributed by atoms with Crippen LogP contribution in [0.25, 0.3) is 0 Å². The Hall–Kier alpha value is -1.07. The third kappa shape index (κ3) is 2.13. The Morgan fingerprint density at radius 2 is 2.20 bits per heavy atom. The van der Waals surface area contributed by atoms with Gasteiger partial charge >= 0.3 is 0 Å². The largest absolute Gasteiger partial charge is 0.389 e. The van der Waals surface area contributed by atoms with Gasteiger partial charge in [0.25, 0.3) is 0 Å². The predicted octanol–water partition coefficient (Wildman–Crippen LogP) is 1.32. The van der Waals surface area contributed by atoms with Gasteiger partial charge in [0.1, 0.15) is 5.82 Å². The number of hydrogen-bond donors (Lipinski definition) is 2. The van der Waals surface area contributed by atoms with Crippen LogP contribution in [-0.2, 0) is 13.6 Å². The van der Waals surface area contributed by atoms with Crippen LogP contribution in [0, 0.1) is 12.8 Å². The number of aromatic nitrogens is 2. The molecule has 0 aromatic carbocycles. The Labute approximate surface area is 120 Å². The van der Waals surface area contributed by atoms with E-state index in [4.69, 9.17) is 5.73 Å². The molecule has 1 aliphatic heterocycles. The molecule has 1 aliphatic carbocycles. The lowest BCUT2D eigenvalue weighted by Crippen LogP contribution is -2.53. The highest BCUT2D eigenvalue weighted by Crippen LogP contribution is 2.41. The van der Waals surface area contributed by atoms with E-state index in [9.17, 15) is 5.11 Å². The molecule has 112 valence electrons. The zero-order chi connectivity index (χ0) is 14.3. The third-order valence-corrected chi connectivity index (χ3v) is 5.24. The lowest BCUT2D eigenvalue weighted by molar-refractivity contribution is -0.0614. The lowest BCUT2D eigenvalue weighted by atomic mass is 9.71. The molecule has 5 heteroatoms. The van der Waals surface area contributed by atoms with Crippen LogP contribution in [0.5, 0.6) is 0 Å². The number of nitrogens with zero attached hydrogens (tertiary/aromatic N) is 3. The summed E-state index contributed by atoms with van der Waals surface area (Å²) in [6, 6.07) is 0. The van der Waals surface area contributed by atoms with Gasteiger partial charge in [-0.15, -0.1) is 0 Å². The number of piperidine rings is 1. The van der Waals surface area contributed by atoms with Gasteiger partial charge in [-0.2, -0.15) is 5.10 Å². The smallest absolute Gasteiger partial charge is 0.131 e. The van der Waals surface area contributed by atoms with Crippen molar-refractivity contribution in [1.82, 2.24) is 9.78 Å². The van der Waals surface area contributed by atoms with Crippen LogP contribution in [0.15, 0.2) is 0 Å². The van der Waals surface area contributed by atoms with E-state index in [1.54, 1.807) is 0 Å². The minimum Gasteiger partial charge on any atom is -0.389 e. The van der Waals surface area contributed by atoms with E-state index in [0.717, 1.165) is 49.4 Å². The van der Waals surface area contributed by atoms with Gasteiger partial charge in [-0.3, -0.25) is 4.68 Å². The van der Waals surface area contributed by atoms with Crippen LogP contribution in [0.2, 0.25) is 0 Å². The molecule has 0 bridgehead atoms. The van der Waals surface area contributed by atoms with Crippen LogP contribution in [0.3, 0.4) is 0 Å². The Balaban J connectivity index is 1.86. The molecule has 0 spiro atoms. The van der Waals surface area contributed by atoms with Gasteiger partial charge in [0.05, 0.1) is 11.3 Å². The van der Waals surface area contributed by atoms with Crippen molar-refractivity contribution in [2.45, 2.75) is 51.2 Å². The highest BCUT2D eigenvalue weighted by molar-refractivity contribution is 5.50. The average molecular weight is 278 g/mol. The van der Waals surface area contributed by atoms with E-state index in [1.807, 2.05) is 18.7 Å². The molecule has 3 rings (SSSR count). The van der Waals surface area contributed by atoms with Crippen molar-refractivity contribution in [3.8, 4) is 0 Å². The van der Waals surface area contributed by atoms with Crippen LogP contribution >= 0.6 is 0 Å². The second-order valence-corrected chi connectivity index (χ2v) is 6.46. The van der Waals surface area contributed by atoms with Crippen LogP contribution < -0.4 is 10.6 Å². The minimum atomic E-state index is -0.425. The second-order valence-electron chi connectivity index (χ2n) is 6.46. The summed E-state index contributed by atoms with van der Waals surface area (Å²) < 4.78 is 1.95. The number of aryl methyl sites for hydroxylation is 2. The third-order valence-electron chi connectivity index (χ3n) is 5.24. The second kappa shape index (κ2) is 5.04. The zero-order valence-electron chi connectivity index (χ0n) is 12.6. The van der Waals surface area contributed by atoms with Crippen molar-refractivity contribution in [3.05, 3.63) is 11.3 Å². The Morgan fingerprint density at radius 3 is 2.95 bits per heavy atom. The van der Waals surface area contributed by atoms with Crippen molar-refractivity contribution in [1.29, 1.82) is 0 Å². The molecule has 0 amide bonds. The van der Waals surface area contributed by atoms with E-state index in [2.05, 4.69) is 10.00 Å². The van der Waals surface area contributed by atoms with Gasteiger partial charge in [0.15, 0.2) is 0 Å².